The molecule has 25 heavy (non-hydrogen) atoms. The molecule has 0 aromatic heterocycles. The molecule has 0 spiro atoms. The first kappa shape index (κ1) is 19.7. The van der Waals surface area contributed by atoms with Crippen LogP contribution in [0.5, 0.6) is 0 Å². The van der Waals surface area contributed by atoms with Crippen molar-refractivity contribution in [3.63, 3.8) is 0 Å². The highest BCUT2D eigenvalue weighted by Crippen LogP contribution is 2.30. The number of carboxylic acid groups (broad SMARTS) is 1. The molecule has 2 atom stereocenters. The number of ether oxygens (including phenoxy) is 1. The maximum absolute atomic E-state index is 12.0. The van der Waals surface area contributed by atoms with Gasteiger partial charge in [0.15, 0.2) is 0 Å². The average molecular weight is 356 g/mol. The molecule has 1 aliphatic carbocycles. The Morgan fingerprint density at radius 1 is 1.24 bits per heavy atom. The lowest BCUT2D eigenvalue weighted by atomic mass is 10.0. The molecule has 2 unspecified atom stereocenters. The molecule has 3 amide bonds. The molecule has 2 aliphatic rings. The van der Waals surface area contributed by atoms with E-state index in [0.29, 0.717) is 38.2 Å². The third-order valence-corrected chi connectivity index (χ3v) is 4.97. The Balaban J connectivity index is 1.75. The SMILES string of the molecule is O=C(O)COCCCCC1C(=O)NC(=O)N1C(O)CCC1CCCC1. The molecule has 0 aromatic carbocycles. The summed E-state index contributed by atoms with van der Waals surface area (Å²) in [5.41, 5.74) is 0. The molecule has 2 fully saturated rings. The van der Waals surface area contributed by atoms with Crippen LogP contribution in [-0.4, -0.2) is 58.5 Å². The zero-order valence-electron chi connectivity index (χ0n) is 14.5. The quantitative estimate of drug-likeness (QED) is 0.381. The highest BCUT2D eigenvalue weighted by atomic mass is 16.5. The lowest BCUT2D eigenvalue weighted by molar-refractivity contribution is -0.142. The van der Waals surface area contributed by atoms with Crippen molar-refractivity contribution in [3.8, 4) is 0 Å². The lowest BCUT2D eigenvalue weighted by Crippen LogP contribution is -2.43. The Labute approximate surface area is 147 Å². The van der Waals surface area contributed by atoms with Gasteiger partial charge in [0.1, 0.15) is 18.9 Å². The Morgan fingerprint density at radius 3 is 2.64 bits per heavy atom. The van der Waals surface area contributed by atoms with Gasteiger partial charge in [0, 0.05) is 6.61 Å². The summed E-state index contributed by atoms with van der Waals surface area (Å²) in [4.78, 5) is 35.6. The van der Waals surface area contributed by atoms with Gasteiger partial charge in [-0.05, 0) is 38.0 Å². The van der Waals surface area contributed by atoms with E-state index < -0.39 is 24.3 Å². The monoisotopic (exact) mass is 356 g/mol. The van der Waals surface area contributed by atoms with E-state index >= 15 is 0 Å². The molecule has 8 heteroatoms. The number of imide groups is 1. The van der Waals surface area contributed by atoms with Crippen LogP contribution in [0.1, 0.15) is 57.8 Å². The predicted octanol–water partition coefficient (Wildman–Crippen LogP) is 1.47. The molecule has 1 aliphatic heterocycles. The van der Waals surface area contributed by atoms with Crippen molar-refractivity contribution in [3.05, 3.63) is 0 Å². The Hall–Kier alpha value is -1.67. The van der Waals surface area contributed by atoms with Gasteiger partial charge in [-0.1, -0.05) is 25.7 Å². The van der Waals surface area contributed by atoms with Gasteiger partial charge in [-0.25, -0.2) is 9.59 Å². The third-order valence-electron chi connectivity index (χ3n) is 4.97. The lowest BCUT2D eigenvalue weighted by Gasteiger charge is -2.27. The van der Waals surface area contributed by atoms with E-state index in [2.05, 4.69) is 5.32 Å². The molecule has 142 valence electrons. The normalized spacial score (nSPS) is 22.4. The van der Waals surface area contributed by atoms with Crippen LogP contribution < -0.4 is 5.32 Å². The smallest absolute Gasteiger partial charge is 0.329 e. The average Bonchev–Trinajstić information content (AvgIpc) is 3.16. The molecule has 1 saturated carbocycles. The van der Waals surface area contributed by atoms with Gasteiger partial charge in [-0.3, -0.25) is 15.0 Å². The van der Waals surface area contributed by atoms with Crippen molar-refractivity contribution in [1.82, 2.24) is 10.2 Å². The van der Waals surface area contributed by atoms with E-state index in [4.69, 9.17) is 9.84 Å². The molecular formula is C17H28N2O6. The second-order valence-electron chi connectivity index (χ2n) is 6.87. The summed E-state index contributed by atoms with van der Waals surface area (Å²) in [6.07, 6.45) is 6.86. The highest BCUT2D eigenvalue weighted by molar-refractivity contribution is 6.04. The number of carbonyl (C=O) groups excluding carboxylic acids is 2. The maximum Gasteiger partial charge on any atom is 0.329 e. The number of hydrogen-bond acceptors (Lipinski definition) is 5. The van der Waals surface area contributed by atoms with Gasteiger partial charge in [-0.15, -0.1) is 0 Å². The first-order valence-electron chi connectivity index (χ1n) is 9.10. The van der Waals surface area contributed by atoms with Crippen LogP contribution in [0, 0.1) is 5.92 Å². The van der Waals surface area contributed by atoms with E-state index in [0.717, 1.165) is 6.42 Å². The van der Waals surface area contributed by atoms with Gasteiger partial charge in [0.05, 0.1) is 0 Å². The van der Waals surface area contributed by atoms with Crippen LogP contribution >= 0.6 is 0 Å². The Kier molecular flexibility index (Phi) is 7.64. The van der Waals surface area contributed by atoms with Crippen LogP contribution in [-0.2, 0) is 14.3 Å². The number of unbranched alkanes of at least 4 members (excludes halogenated alkanes) is 1. The summed E-state index contributed by atoms with van der Waals surface area (Å²) in [6.45, 7) is -0.0484. The number of carbonyl (C=O) groups is 3. The number of hydrogen-bond donors (Lipinski definition) is 3. The number of amides is 3. The predicted molar refractivity (Wildman–Crippen MR) is 88.7 cm³/mol. The first-order chi connectivity index (χ1) is 12.0. The van der Waals surface area contributed by atoms with Crippen LogP contribution in [0.4, 0.5) is 4.79 Å². The van der Waals surface area contributed by atoms with Crippen molar-refractivity contribution in [2.45, 2.75) is 70.1 Å². The standard InChI is InChI=1S/C17H28N2O6/c20-14(9-8-12-5-1-2-6-12)19-13(16(23)18-17(19)24)7-3-4-10-25-11-15(21)22/h12-14,20H,1-11H2,(H,21,22)(H,18,23,24). The van der Waals surface area contributed by atoms with Crippen molar-refractivity contribution in [2.24, 2.45) is 5.92 Å². The Morgan fingerprint density at radius 2 is 1.96 bits per heavy atom. The topological polar surface area (TPSA) is 116 Å². The van der Waals surface area contributed by atoms with Crippen LogP contribution in [0.15, 0.2) is 0 Å². The minimum Gasteiger partial charge on any atom is -0.480 e. The van der Waals surface area contributed by atoms with E-state index in [1.54, 1.807) is 0 Å². The third kappa shape index (κ3) is 5.97. The number of nitrogens with one attached hydrogen (secondary N) is 1. The fourth-order valence-electron chi connectivity index (χ4n) is 3.66. The number of rotatable bonds is 11. The molecule has 0 radical (unpaired) electrons. The van der Waals surface area contributed by atoms with Crippen LogP contribution in [0.3, 0.4) is 0 Å². The molecule has 0 aromatic rings. The number of nitrogens with zero attached hydrogens (tertiary/aromatic N) is 1. The molecular weight excluding hydrogens is 328 g/mol. The number of carboxylic acids is 1. The van der Waals surface area contributed by atoms with E-state index in [-0.39, 0.29) is 12.5 Å². The minimum atomic E-state index is -1.02. The summed E-state index contributed by atoms with van der Waals surface area (Å²) in [5.74, 6) is -0.783. The van der Waals surface area contributed by atoms with Crippen molar-refractivity contribution < 1.29 is 29.3 Å². The number of aliphatic carboxylic acids is 1. The minimum absolute atomic E-state index is 0.290. The number of urea groups is 1. The maximum atomic E-state index is 12.0. The Bertz CT molecular complexity index is 478. The summed E-state index contributed by atoms with van der Waals surface area (Å²) < 4.78 is 4.95. The molecule has 1 heterocycles. The van der Waals surface area contributed by atoms with Gasteiger partial charge in [0.2, 0.25) is 0 Å². The summed E-state index contributed by atoms with van der Waals surface area (Å²) in [5, 5.41) is 21.1. The van der Waals surface area contributed by atoms with Crippen LogP contribution in [0.2, 0.25) is 0 Å². The largest absolute Gasteiger partial charge is 0.480 e. The fourth-order valence-corrected chi connectivity index (χ4v) is 3.66. The van der Waals surface area contributed by atoms with E-state index in [9.17, 15) is 19.5 Å². The summed E-state index contributed by atoms with van der Waals surface area (Å²) >= 11 is 0. The van der Waals surface area contributed by atoms with Gasteiger partial charge in [-0.2, -0.15) is 0 Å². The number of aliphatic hydroxyl groups excluding tert-OH is 1. The first-order valence-corrected chi connectivity index (χ1v) is 9.10. The second kappa shape index (κ2) is 9.72. The number of aliphatic hydroxyl groups is 1. The van der Waals surface area contributed by atoms with Crippen LogP contribution in [0.25, 0.3) is 0 Å². The summed E-state index contributed by atoms with van der Waals surface area (Å²) in [6, 6.07) is -1.19. The van der Waals surface area contributed by atoms with Crippen molar-refractivity contribution in [2.75, 3.05) is 13.2 Å². The fraction of sp³-hybridized carbons (Fsp3) is 0.824. The second-order valence-corrected chi connectivity index (χ2v) is 6.87. The van der Waals surface area contributed by atoms with Gasteiger partial charge < -0.3 is 14.9 Å². The molecule has 8 nitrogen and oxygen atoms in total. The summed E-state index contributed by atoms with van der Waals surface area (Å²) in [7, 11) is 0. The van der Waals surface area contributed by atoms with E-state index in [1.807, 2.05) is 0 Å². The van der Waals surface area contributed by atoms with E-state index in [1.165, 1.54) is 30.6 Å². The molecule has 2 rings (SSSR count). The molecule has 1 saturated heterocycles. The van der Waals surface area contributed by atoms with Crippen molar-refractivity contribution >= 4 is 17.9 Å². The zero-order chi connectivity index (χ0) is 18.2. The van der Waals surface area contributed by atoms with Gasteiger partial charge in [0.25, 0.3) is 5.91 Å². The molecule has 3 N–H and O–H groups in total. The zero-order valence-corrected chi connectivity index (χ0v) is 14.5. The van der Waals surface area contributed by atoms with Gasteiger partial charge >= 0.3 is 12.0 Å². The highest BCUT2D eigenvalue weighted by Gasteiger charge is 2.41. The molecule has 0 bridgehead atoms. The van der Waals surface area contributed by atoms with Crippen molar-refractivity contribution in [1.29, 1.82) is 0 Å².